The number of rotatable bonds is 16. The molecule has 274 valence electrons. The van der Waals surface area contributed by atoms with Gasteiger partial charge in [0.15, 0.2) is 6.29 Å². The summed E-state index contributed by atoms with van der Waals surface area (Å²) in [5.74, 6) is 0.0289. The average Bonchev–Trinajstić information content (AvgIpc) is 3.84. The lowest BCUT2D eigenvalue weighted by molar-refractivity contribution is -0.253. The van der Waals surface area contributed by atoms with Gasteiger partial charge in [-0.2, -0.15) is 0 Å². The van der Waals surface area contributed by atoms with Gasteiger partial charge in [0, 0.05) is 57.5 Å². The number of benzene rings is 3. The summed E-state index contributed by atoms with van der Waals surface area (Å²) < 4.78 is 13.4. The van der Waals surface area contributed by atoms with Crippen LogP contribution in [0.5, 0.6) is 0 Å². The van der Waals surface area contributed by atoms with E-state index in [1.165, 1.54) is 45.7 Å². The van der Waals surface area contributed by atoms with Crippen molar-refractivity contribution in [1.82, 2.24) is 20.4 Å². The van der Waals surface area contributed by atoms with Crippen LogP contribution in [0, 0.1) is 0 Å². The number of hydrogen-bond acceptors (Lipinski definition) is 7. The standard InChI is InChI=1S/C42H56N4O5/c1-31(48)43-21-4-2-3-12-41(49)44-27-33-9-7-10-37(25-33)34-17-19-36(20-18-34)42-50-39(26-40(51-42)35-15-13-32(30-47)14-16-35)29-46-24-8-11-38(46)28-45-22-5-6-23-45/h7,9-10,13-20,25,38-40,42,47H,2-6,8,11-12,21-24,26-30H2,1H3,(H,43,48)(H,44,49)/t38-,39-,40+,42+/m0/s1. The van der Waals surface area contributed by atoms with E-state index in [1.807, 2.05) is 24.3 Å². The molecule has 0 spiro atoms. The number of amides is 2. The van der Waals surface area contributed by atoms with Crippen LogP contribution in [-0.4, -0.2) is 78.1 Å². The van der Waals surface area contributed by atoms with Crippen LogP contribution in [0.4, 0.5) is 0 Å². The first-order chi connectivity index (χ1) is 24.9. The van der Waals surface area contributed by atoms with Gasteiger partial charge in [-0.25, -0.2) is 0 Å². The Balaban J connectivity index is 1.07. The second-order valence-electron chi connectivity index (χ2n) is 14.5. The highest BCUT2D eigenvalue weighted by molar-refractivity contribution is 5.76. The van der Waals surface area contributed by atoms with Crippen LogP contribution in [0.3, 0.4) is 0 Å². The molecule has 3 N–H and O–H groups in total. The first kappa shape index (κ1) is 37.2. The van der Waals surface area contributed by atoms with E-state index in [1.54, 1.807) is 0 Å². The minimum absolute atomic E-state index is 0.0170. The van der Waals surface area contributed by atoms with Gasteiger partial charge in [-0.3, -0.25) is 14.5 Å². The Labute approximate surface area is 303 Å². The molecule has 3 fully saturated rings. The molecule has 9 heteroatoms. The average molecular weight is 697 g/mol. The zero-order valence-electron chi connectivity index (χ0n) is 30.2. The molecule has 0 unspecified atom stereocenters. The largest absolute Gasteiger partial charge is 0.392 e. The Hall–Kier alpha value is -3.60. The summed E-state index contributed by atoms with van der Waals surface area (Å²) in [6.45, 7) is 8.34. The lowest BCUT2D eigenvalue weighted by Gasteiger charge is -2.39. The van der Waals surface area contributed by atoms with E-state index in [9.17, 15) is 14.7 Å². The molecule has 51 heavy (non-hydrogen) atoms. The molecule has 0 aliphatic carbocycles. The van der Waals surface area contributed by atoms with E-state index in [4.69, 9.17) is 9.47 Å². The van der Waals surface area contributed by atoms with E-state index in [-0.39, 0.29) is 30.6 Å². The maximum Gasteiger partial charge on any atom is 0.220 e. The van der Waals surface area contributed by atoms with Crippen molar-refractivity contribution < 1.29 is 24.2 Å². The van der Waals surface area contributed by atoms with E-state index < -0.39 is 6.29 Å². The molecule has 0 bridgehead atoms. The number of aliphatic hydroxyl groups excluding tert-OH is 1. The molecule has 4 atom stereocenters. The van der Waals surface area contributed by atoms with E-state index in [0.717, 1.165) is 78.7 Å². The number of nitrogens with zero attached hydrogens (tertiary/aromatic N) is 2. The first-order valence-electron chi connectivity index (χ1n) is 19.1. The normalized spacial score (nSPS) is 22.6. The molecule has 3 aliphatic rings. The maximum absolute atomic E-state index is 12.4. The molecular weight excluding hydrogens is 640 g/mol. The topological polar surface area (TPSA) is 103 Å². The molecule has 0 saturated carbocycles. The smallest absolute Gasteiger partial charge is 0.220 e. The van der Waals surface area contributed by atoms with Crippen molar-refractivity contribution in [2.75, 3.05) is 39.3 Å². The van der Waals surface area contributed by atoms with Gasteiger partial charge in [-0.05, 0) is 92.0 Å². The first-order valence-corrected chi connectivity index (χ1v) is 19.1. The van der Waals surface area contributed by atoms with Crippen LogP contribution >= 0.6 is 0 Å². The van der Waals surface area contributed by atoms with Gasteiger partial charge in [0.25, 0.3) is 0 Å². The second-order valence-corrected chi connectivity index (χ2v) is 14.5. The Morgan fingerprint density at radius 3 is 2.35 bits per heavy atom. The number of nitrogens with one attached hydrogen (secondary N) is 2. The number of unbranched alkanes of at least 4 members (excludes halogenated alkanes) is 2. The monoisotopic (exact) mass is 696 g/mol. The van der Waals surface area contributed by atoms with Crippen LogP contribution in [0.1, 0.15) is 99.4 Å². The Kier molecular flexibility index (Phi) is 13.7. The van der Waals surface area contributed by atoms with Crippen molar-refractivity contribution in [1.29, 1.82) is 0 Å². The summed E-state index contributed by atoms with van der Waals surface area (Å²) in [5.41, 5.74) is 6.25. The minimum atomic E-state index is -0.480. The van der Waals surface area contributed by atoms with Crippen LogP contribution in [-0.2, 0) is 32.2 Å². The van der Waals surface area contributed by atoms with Gasteiger partial charge in [0.2, 0.25) is 11.8 Å². The lowest BCUT2D eigenvalue weighted by Crippen LogP contribution is -2.45. The molecule has 3 aliphatic heterocycles. The lowest BCUT2D eigenvalue weighted by atomic mass is 9.98. The molecule has 3 saturated heterocycles. The highest BCUT2D eigenvalue weighted by atomic mass is 16.7. The molecule has 0 aromatic heterocycles. The fourth-order valence-corrected chi connectivity index (χ4v) is 7.73. The fraction of sp³-hybridized carbons (Fsp3) is 0.524. The molecule has 3 aromatic rings. The molecule has 6 rings (SSSR count). The van der Waals surface area contributed by atoms with Crippen molar-refractivity contribution in [3.8, 4) is 11.1 Å². The van der Waals surface area contributed by atoms with Crippen LogP contribution in [0.2, 0.25) is 0 Å². The van der Waals surface area contributed by atoms with Crippen molar-refractivity contribution in [3.05, 3.63) is 95.1 Å². The molecule has 3 heterocycles. The van der Waals surface area contributed by atoms with Crippen molar-refractivity contribution in [2.24, 2.45) is 0 Å². The fourth-order valence-electron chi connectivity index (χ4n) is 7.73. The predicted molar refractivity (Wildman–Crippen MR) is 200 cm³/mol. The highest BCUT2D eigenvalue weighted by Gasteiger charge is 2.36. The third-order valence-corrected chi connectivity index (χ3v) is 10.6. The van der Waals surface area contributed by atoms with Gasteiger partial charge in [0.1, 0.15) is 0 Å². The molecule has 9 nitrogen and oxygen atoms in total. The van der Waals surface area contributed by atoms with Crippen molar-refractivity contribution >= 4 is 11.8 Å². The summed E-state index contributed by atoms with van der Waals surface area (Å²) >= 11 is 0. The van der Waals surface area contributed by atoms with Gasteiger partial charge < -0.3 is 30.1 Å². The molecule has 0 radical (unpaired) electrons. The second kappa shape index (κ2) is 18.8. The maximum atomic E-state index is 12.4. The summed E-state index contributed by atoms with van der Waals surface area (Å²) in [6.07, 6.45) is 8.48. The number of likely N-dealkylation sites (tertiary alicyclic amines) is 2. The van der Waals surface area contributed by atoms with Gasteiger partial charge in [-0.1, -0.05) is 73.2 Å². The SMILES string of the molecule is CC(=O)NCCCCCC(=O)NCc1cccc(-c2ccc([C@@H]3O[C@H](CN4CCC[C@H]4CN4CCCC4)C[C@H](c4ccc(CO)cc4)O3)cc2)c1. The minimum Gasteiger partial charge on any atom is -0.392 e. The Morgan fingerprint density at radius 1 is 0.804 bits per heavy atom. The summed E-state index contributed by atoms with van der Waals surface area (Å²) in [4.78, 5) is 28.7. The predicted octanol–water partition coefficient (Wildman–Crippen LogP) is 6.26. The molecular formula is C42H56N4O5. The Morgan fingerprint density at radius 2 is 1.59 bits per heavy atom. The summed E-state index contributed by atoms with van der Waals surface area (Å²) in [7, 11) is 0. The van der Waals surface area contributed by atoms with Crippen molar-refractivity contribution in [3.63, 3.8) is 0 Å². The zero-order chi connectivity index (χ0) is 35.4. The quantitative estimate of drug-likeness (QED) is 0.152. The number of hydrogen-bond donors (Lipinski definition) is 3. The third-order valence-electron chi connectivity index (χ3n) is 10.6. The van der Waals surface area contributed by atoms with E-state index in [2.05, 4.69) is 69.0 Å². The van der Waals surface area contributed by atoms with E-state index >= 15 is 0 Å². The van der Waals surface area contributed by atoms with Crippen molar-refractivity contribution in [2.45, 2.75) is 102 Å². The van der Waals surface area contributed by atoms with E-state index in [0.29, 0.717) is 25.6 Å². The number of ether oxygens (including phenoxy) is 2. The Bertz CT molecular complexity index is 1540. The van der Waals surface area contributed by atoms with Crippen LogP contribution in [0.15, 0.2) is 72.8 Å². The number of carbonyl (C=O) groups excluding carboxylic acids is 2. The third kappa shape index (κ3) is 10.9. The summed E-state index contributed by atoms with van der Waals surface area (Å²) in [5, 5.41) is 15.4. The number of carbonyl (C=O) groups is 2. The number of aliphatic hydroxyl groups is 1. The molecule has 2 amide bonds. The highest BCUT2D eigenvalue weighted by Crippen LogP contribution is 2.39. The van der Waals surface area contributed by atoms with Gasteiger partial charge in [0.05, 0.1) is 18.8 Å². The van der Waals surface area contributed by atoms with Crippen LogP contribution in [0.25, 0.3) is 11.1 Å². The summed E-state index contributed by atoms with van der Waals surface area (Å²) in [6, 6.07) is 25.5. The van der Waals surface area contributed by atoms with Gasteiger partial charge in [-0.15, -0.1) is 0 Å². The zero-order valence-corrected chi connectivity index (χ0v) is 30.2. The van der Waals surface area contributed by atoms with Gasteiger partial charge >= 0.3 is 0 Å². The van der Waals surface area contributed by atoms with Crippen LogP contribution < -0.4 is 10.6 Å². The molecule has 3 aromatic carbocycles.